The van der Waals surface area contributed by atoms with Gasteiger partial charge in [-0.25, -0.2) is 4.98 Å². The number of carbonyl (C=O) groups is 1. The summed E-state index contributed by atoms with van der Waals surface area (Å²) < 4.78 is 40.9. The van der Waals surface area contributed by atoms with Crippen LogP contribution in [0.15, 0.2) is 30.9 Å². The van der Waals surface area contributed by atoms with Gasteiger partial charge < -0.3 is 20.3 Å². The van der Waals surface area contributed by atoms with Crippen molar-refractivity contribution < 1.29 is 23.1 Å². The third-order valence-corrected chi connectivity index (χ3v) is 6.89. The second-order valence-electron chi connectivity index (χ2n) is 9.08. The van der Waals surface area contributed by atoms with E-state index in [1.54, 1.807) is 15.8 Å². The van der Waals surface area contributed by atoms with Crippen molar-refractivity contribution in [3.63, 3.8) is 0 Å². The number of fused-ring (bicyclic) bond motifs is 1. The average Bonchev–Trinajstić information content (AvgIpc) is 3.38. The molecule has 3 aromatic rings. The van der Waals surface area contributed by atoms with E-state index in [1.807, 2.05) is 6.20 Å². The fraction of sp³-hybridized carbons (Fsp3) is 0.500. The predicted molar refractivity (Wildman–Crippen MR) is 115 cm³/mol. The molecule has 0 aromatic carbocycles. The Bertz CT molecular complexity index is 1150. The Morgan fingerprint density at radius 1 is 1.27 bits per heavy atom. The zero-order chi connectivity index (χ0) is 23.2. The number of hydrogen-bond acceptors (Lipinski definition) is 5. The molecule has 3 N–H and O–H groups in total. The van der Waals surface area contributed by atoms with Crippen LogP contribution in [0.3, 0.4) is 0 Å². The number of alkyl halides is 3. The van der Waals surface area contributed by atoms with Gasteiger partial charge in [-0.2, -0.15) is 18.3 Å². The van der Waals surface area contributed by atoms with Crippen LogP contribution in [-0.4, -0.2) is 61.4 Å². The summed E-state index contributed by atoms with van der Waals surface area (Å²) in [6.45, 7) is 1.67. The number of carbonyl (C=O) groups excluding carboxylic acids is 1. The minimum absolute atomic E-state index is 0.0431. The molecule has 0 bridgehead atoms. The number of piperidine rings is 1. The fourth-order valence-corrected chi connectivity index (χ4v) is 5.08. The van der Waals surface area contributed by atoms with Crippen LogP contribution in [0.5, 0.6) is 0 Å². The molecule has 1 spiro atoms. The van der Waals surface area contributed by atoms with Crippen molar-refractivity contribution in [2.24, 2.45) is 5.41 Å². The first-order valence-electron chi connectivity index (χ1n) is 11.0. The molecule has 1 saturated carbocycles. The van der Waals surface area contributed by atoms with E-state index >= 15 is 0 Å². The lowest BCUT2D eigenvalue weighted by molar-refractivity contribution is -0.137. The summed E-state index contributed by atoms with van der Waals surface area (Å²) in [6.07, 6.45) is 5.09. The van der Waals surface area contributed by atoms with E-state index in [4.69, 9.17) is 5.11 Å². The van der Waals surface area contributed by atoms with Gasteiger partial charge in [0.2, 0.25) is 0 Å². The zero-order valence-corrected chi connectivity index (χ0v) is 17.9. The third-order valence-electron chi connectivity index (χ3n) is 6.89. The Kier molecular flexibility index (Phi) is 5.31. The smallest absolute Gasteiger partial charge is 0.394 e. The number of anilines is 1. The molecule has 1 aliphatic heterocycles. The number of likely N-dealkylation sites (tertiary alicyclic amines) is 1. The number of aliphatic hydroxyl groups is 1. The molecule has 176 valence electrons. The second-order valence-corrected chi connectivity index (χ2v) is 9.08. The predicted octanol–water partition coefficient (Wildman–Crippen LogP) is 3.27. The van der Waals surface area contributed by atoms with Gasteiger partial charge >= 0.3 is 6.18 Å². The Hall–Kier alpha value is -3.08. The van der Waals surface area contributed by atoms with E-state index in [0.29, 0.717) is 25.7 Å². The van der Waals surface area contributed by atoms with Gasteiger partial charge in [-0.3, -0.25) is 9.48 Å². The van der Waals surface area contributed by atoms with Crippen molar-refractivity contribution in [3.8, 4) is 0 Å². The fourth-order valence-electron chi connectivity index (χ4n) is 5.08. The Balaban J connectivity index is 1.19. The number of aromatic nitrogens is 4. The molecule has 3 aromatic heterocycles. The van der Waals surface area contributed by atoms with E-state index in [9.17, 15) is 18.0 Å². The largest absolute Gasteiger partial charge is 0.417 e. The van der Waals surface area contributed by atoms with Gasteiger partial charge in [-0.15, -0.1) is 0 Å². The van der Waals surface area contributed by atoms with Crippen LogP contribution < -0.4 is 5.32 Å². The topological polar surface area (TPSA) is 99.1 Å². The van der Waals surface area contributed by atoms with Gasteiger partial charge in [-0.1, -0.05) is 0 Å². The summed E-state index contributed by atoms with van der Waals surface area (Å²) in [6, 6.07) is 1.34. The number of halogens is 3. The highest BCUT2D eigenvalue weighted by atomic mass is 19.4. The van der Waals surface area contributed by atoms with Crippen molar-refractivity contribution in [1.29, 1.82) is 0 Å². The molecular formula is C22H25F3N6O2. The average molecular weight is 462 g/mol. The van der Waals surface area contributed by atoms with E-state index < -0.39 is 11.7 Å². The van der Waals surface area contributed by atoms with Crippen molar-refractivity contribution in [2.75, 3.05) is 25.0 Å². The summed E-state index contributed by atoms with van der Waals surface area (Å²) >= 11 is 0. The molecule has 2 fully saturated rings. The highest BCUT2D eigenvalue weighted by Gasteiger charge is 2.46. The number of H-pyrrole nitrogens is 1. The number of hydrogen-bond donors (Lipinski definition) is 3. The lowest BCUT2D eigenvalue weighted by Gasteiger charge is -2.52. The first-order valence-corrected chi connectivity index (χ1v) is 11.0. The Morgan fingerprint density at radius 2 is 2.03 bits per heavy atom. The molecule has 1 amide bonds. The van der Waals surface area contributed by atoms with Crippen LogP contribution in [0.25, 0.3) is 11.0 Å². The van der Waals surface area contributed by atoms with Crippen molar-refractivity contribution >= 4 is 22.6 Å². The molecule has 2 aliphatic rings. The molecule has 0 radical (unpaired) electrons. The van der Waals surface area contributed by atoms with Crippen molar-refractivity contribution in [2.45, 2.75) is 44.4 Å². The normalized spacial score (nSPS) is 18.6. The number of aromatic amines is 1. The van der Waals surface area contributed by atoms with Gasteiger partial charge in [0.25, 0.3) is 5.91 Å². The summed E-state index contributed by atoms with van der Waals surface area (Å²) in [5, 5.41) is 16.9. The number of nitrogens with one attached hydrogen (secondary N) is 2. The van der Waals surface area contributed by atoms with Gasteiger partial charge in [0.1, 0.15) is 5.65 Å². The number of aliphatic hydroxyl groups excluding tert-OH is 1. The standard InChI is InChI=1S/C22H25F3N6O2/c23-22(24,25)14-7-17-18(12-27-19(17)26-10-14)20(33)30-3-1-21(2-4-30)8-15(9-21)29-16-11-28-31(13-16)5-6-32/h7,10-13,15,29,32H,1-6,8-9H2,(H,26,27). The lowest BCUT2D eigenvalue weighted by atomic mass is 9.60. The van der Waals surface area contributed by atoms with Crippen LogP contribution in [0, 0.1) is 5.41 Å². The van der Waals surface area contributed by atoms with Crippen LogP contribution in [-0.2, 0) is 12.7 Å². The molecule has 5 rings (SSSR count). The highest BCUT2D eigenvalue weighted by molar-refractivity contribution is 6.06. The number of rotatable bonds is 5. The molecule has 0 unspecified atom stereocenters. The van der Waals surface area contributed by atoms with Crippen LogP contribution in [0.2, 0.25) is 0 Å². The Labute approximate surface area is 187 Å². The van der Waals surface area contributed by atoms with Crippen LogP contribution >= 0.6 is 0 Å². The first kappa shape index (κ1) is 21.7. The van der Waals surface area contributed by atoms with E-state index in [2.05, 4.69) is 20.4 Å². The molecule has 11 heteroatoms. The molecule has 1 aliphatic carbocycles. The van der Waals surface area contributed by atoms with Crippen molar-refractivity contribution in [3.05, 3.63) is 42.0 Å². The zero-order valence-electron chi connectivity index (χ0n) is 17.9. The van der Waals surface area contributed by atoms with Gasteiger partial charge in [0.15, 0.2) is 0 Å². The van der Waals surface area contributed by atoms with Crippen LogP contribution in [0.4, 0.5) is 18.9 Å². The third kappa shape index (κ3) is 4.17. The summed E-state index contributed by atoms with van der Waals surface area (Å²) in [7, 11) is 0. The summed E-state index contributed by atoms with van der Waals surface area (Å²) in [4.78, 5) is 21.4. The lowest BCUT2D eigenvalue weighted by Crippen LogP contribution is -2.52. The Morgan fingerprint density at radius 3 is 2.73 bits per heavy atom. The second kappa shape index (κ2) is 8.05. The van der Waals surface area contributed by atoms with E-state index in [0.717, 1.165) is 43.6 Å². The van der Waals surface area contributed by atoms with Gasteiger partial charge in [0, 0.05) is 43.1 Å². The molecule has 1 saturated heterocycles. The van der Waals surface area contributed by atoms with Crippen LogP contribution in [0.1, 0.15) is 41.6 Å². The van der Waals surface area contributed by atoms with Gasteiger partial charge in [0.05, 0.1) is 36.2 Å². The molecule has 4 heterocycles. The maximum Gasteiger partial charge on any atom is 0.417 e. The summed E-state index contributed by atoms with van der Waals surface area (Å²) in [5.74, 6) is -0.262. The maximum atomic E-state index is 13.1. The minimum Gasteiger partial charge on any atom is -0.394 e. The number of pyridine rings is 1. The van der Waals surface area contributed by atoms with Crippen molar-refractivity contribution in [1.82, 2.24) is 24.6 Å². The maximum absolute atomic E-state index is 13.1. The highest BCUT2D eigenvalue weighted by Crippen LogP contribution is 2.50. The molecule has 0 atom stereocenters. The molecular weight excluding hydrogens is 437 g/mol. The first-order chi connectivity index (χ1) is 15.8. The van der Waals surface area contributed by atoms with E-state index in [1.165, 1.54) is 6.20 Å². The SMILES string of the molecule is O=C(c1c[nH]c2ncc(C(F)(F)F)cc12)N1CCC2(CC1)CC(Nc1cnn(CCO)c1)C2. The minimum atomic E-state index is -4.51. The number of amides is 1. The monoisotopic (exact) mass is 462 g/mol. The number of nitrogens with zero attached hydrogens (tertiary/aromatic N) is 4. The molecule has 8 nitrogen and oxygen atoms in total. The summed E-state index contributed by atoms with van der Waals surface area (Å²) in [5.41, 5.74) is 0.765. The quantitative estimate of drug-likeness (QED) is 0.541. The van der Waals surface area contributed by atoms with Gasteiger partial charge in [-0.05, 0) is 37.2 Å². The molecule has 33 heavy (non-hydrogen) atoms. The van der Waals surface area contributed by atoms with E-state index in [-0.39, 0.29) is 34.5 Å².